The molecular weight excluding hydrogens is 274 g/mol. The minimum atomic E-state index is 0.574. The molecule has 1 saturated heterocycles. The topological polar surface area (TPSA) is 45.2 Å². The van der Waals surface area contributed by atoms with Crippen molar-refractivity contribution in [2.24, 2.45) is 0 Å². The van der Waals surface area contributed by atoms with E-state index < -0.39 is 0 Å². The molecular formula is C14H16ClN5. The van der Waals surface area contributed by atoms with Gasteiger partial charge in [0.2, 0.25) is 5.95 Å². The Hall–Kier alpha value is -1.88. The first-order chi connectivity index (χ1) is 9.74. The summed E-state index contributed by atoms with van der Waals surface area (Å²) in [7, 11) is 0. The van der Waals surface area contributed by atoms with Crippen LogP contribution < -0.4 is 9.80 Å². The van der Waals surface area contributed by atoms with Crippen LogP contribution in [0.15, 0.2) is 30.7 Å². The van der Waals surface area contributed by atoms with Gasteiger partial charge in [-0.05, 0) is 24.6 Å². The third-order valence-electron chi connectivity index (χ3n) is 3.48. The Morgan fingerprint density at radius 2 is 1.65 bits per heavy atom. The maximum Gasteiger partial charge on any atom is 0.225 e. The molecule has 3 heterocycles. The third kappa shape index (κ3) is 2.67. The van der Waals surface area contributed by atoms with Crippen molar-refractivity contribution in [2.45, 2.75) is 6.92 Å². The number of nitrogens with zero attached hydrogens (tertiary/aromatic N) is 5. The molecule has 1 fully saturated rings. The number of rotatable bonds is 2. The highest BCUT2D eigenvalue weighted by Gasteiger charge is 2.19. The van der Waals surface area contributed by atoms with Crippen LogP contribution in [0.4, 0.5) is 11.6 Å². The van der Waals surface area contributed by atoms with E-state index in [2.05, 4.69) is 30.8 Å². The van der Waals surface area contributed by atoms with Crippen LogP contribution in [-0.4, -0.2) is 41.1 Å². The van der Waals surface area contributed by atoms with E-state index in [0.29, 0.717) is 5.15 Å². The highest BCUT2D eigenvalue weighted by atomic mass is 35.5. The molecule has 0 amide bonds. The summed E-state index contributed by atoms with van der Waals surface area (Å²) in [6.45, 7) is 5.66. The Morgan fingerprint density at radius 1 is 1.00 bits per heavy atom. The highest BCUT2D eigenvalue weighted by molar-refractivity contribution is 6.30. The lowest BCUT2D eigenvalue weighted by Crippen LogP contribution is -2.47. The largest absolute Gasteiger partial charge is 0.367 e. The second-order valence-corrected chi connectivity index (χ2v) is 5.18. The van der Waals surface area contributed by atoms with Crippen molar-refractivity contribution >= 4 is 23.2 Å². The van der Waals surface area contributed by atoms with Gasteiger partial charge < -0.3 is 9.80 Å². The fourth-order valence-electron chi connectivity index (χ4n) is 2.34. The van der Waals surface area contributed by atoms with Crippen LogP contribution in [-0.2, 0) is 0 Å². The molecule has 0 aromatic carbocycles. The molecule has 0 atom stereocenters. The maximum absolute atomic E-state index is 5.97. The quantitative estimate of drug-likeness (QED) is 0.793. The molecule has 0 unspecified atom stereocenters. The van der Waals surface area contributed by atoms with Crippen molar-refractivity contribution in [3.63, 3.8) is 0 Å². The van der Waals surface area contributed by atoms with Gasteiger partial charge in [0.15, 0.2) is 0 Å². The Kier molecular flexibility index (Phi) is 3.69. The molecule has 0 radical (unpaired) electrons. The van der Waals surface area contributed by atoms with Crippen molar-refractivity contribution in [1.29, 1.82) is 0 Å². The van der Waals surface area contributed by atoms with Crippen LogP contribution in [0.1, 0.15) is 5.56 Å². The second-order valence-electron chi connectivity index (χ2n) is 4.82. The summed E-state index contributed by atoms with van der Waals surface area (Å²) in [5.74, 6) is 0.803. The van der Waals surface area contributed by atoms with Crippen LogP contribution >= 0.6 is 11.6 Å². The number of piperazine rings is 1. The first-order valence-corrected chi connectivity index (χ1v) is 7.01. The van der Waals surface area contributed by atoms with E-state index in [1.54, 1.807) is 12.4 Å². The van der Waals surface area contributed by atoms with E-state index >= 15 is 0 Å². The average Bonchev–Trinajstić information content (AvgIpc) is 2.51. The van der Waals surface area contributed by atoms with Gasteiger partial charge in [-0.15, -0.1) is 0 Å². The standard InChI is InChI=1S/C14H16ClN5/c1-11-9-12(10-18-13(11)15)19-5-7-20(8-6-19)14-16-3-2-4-17-14/h2-4,9-10H,5-8H2,1H3. The summed E-state index contributed by atoms with van der Waals surface area (Å²) < 4.78 is 0. The molecule has 0 spiro atoms. The van der Waals surface area contributed by atoms with Gasteiger partial charge >= 0.3 is 0 Å². The van der Waals surface area contributed by atoms with Crippen LogP contribution in [0.3, 0.4) is 0 Å². The number of pyridine rings is 1. The number of aromatic nitrogens is 3. The Labute approximate surface area is 123 Å². The average molecular weight is 290 g/mol. The van der Waals surface area contributed by atoms with Crippen LogP contribution in [0, 0.1) is 6.92 Å². The number of halogens is 1. The van der Waals surface area contributed by atoms with Gasteiger partial charge in [-0.3, -0.25) is 0 Å². The van der Waals surface area contributed by atoms with E-state index in [0.717, 1.165) is 43.4 Å². The molecule has 3 rings (SSSR count). The number of hydrogen-bond acceptors (Lipinski definition) is 5. The summed E-state index contributed by atoms with van der Waals surface area (Å²) in [5, 5.41) is 0.574. The zero-order valence-corrected chi connectivity index (χ0v) is 12.1. The Bertz CT molecular complexity index is 581. The van der Waals surface area contributed by atoms with Gasteiger partial charge in [0.05, 0.1) is 11.9 Å². The second kappa shape index (κ2) is 5.63. The molecule has 20 heavy (non-hydrogen) atoms. The lowest BCUT2D eigenvalue weighted by Gasteiger charge is -2.36. The first kappa shape index (κ1) is 13.1. The predicted molar refractivity (Wildman–Crippen MR) is 80.4 cm³/mol. The van der Waals surface area contributed by atoms with E-state index in [1.807, 2.05) is 19.2 Å². The number of hydrogen-bond donors (Lipinski definition) is 0. The lowest BCUT2D eigenvalue weighted by molar-refractivity contribution is 0.639. The van der Waals surface area contributed by atoms with Gasteiger partial charge in [-0.25, -0.2) is 15.0 Å². The van der Waals surface area contributed by atoms with Gasteiger partial charge in [0.25, 0.3) is 0 Å². The van der Waals surface area contributed by atoms with E-state index in [9.17, 15) is 0 Å². The van der Waals surface area contributed by atoms with E-state index in [4.69, 9.17) is 11.6 Å². The van der Waals surface area contributed by atoms with Crippen LogP contribution in [0.2, 0.25) is 5.15 Å². The summed E-state index contributed by atoms with van der Waals surface area (Å²) >= 11 is 5.97. The van der Waals surface area contributed by atoms with E-state index in [1.165, 1.54) is 0 Å². The summed E-state index contributed by atoms with van der Waals surface area (Å²) in [4.78, 5) is 17.3. The number of aryl methyl sites for hydroxylation is 1. The van der Waals surface area contributed by atoms with Crippen LogP contribution in [0.25, 0.3) is 0 Å². The third-order valence-corrected chi connectivity index (χ3v) is 3.88. The number of anilines is 2. The van der Waals surface area contributed by atoms with Crippen molar-refractivity contribution in [3.8, 4) is 0 Å². The van der Waals surface area contributed by atoms with Gasteiger partial charge in [0, 0.05) is 38.6 Å². The van der Waals surface area contributed by atoms with Crippen molar-refractivity contribution < 1.29 is 0 Å². The first-order valence-electron chi connectivity index (χ1n) is 6.63. The molecule has 2 aromatic rings. The zero-order valence-electron chi connectivity index (χ0n) is 11.3. The molecule has 2 aromatic heterocycles. The Balaban J connectivity index is 1.68. The van der Waals surface area contributed by atoms with Crippen molar-refractivity contribution in [3.05, 3.63) is 41.4 Å². The van der Waals surface area contributed by atoms with Gasteiger partial charge in [-0.2, -0.15) is 0 Å². The van der Waals surface area contributed by atoms with Gasteiger partial charge in [-0.1, -0.05) is 11.6 Å². The fraction of sp³-hybridized carbons (Fsp3) is 0.357. The molecule has 1 aliphatic rings. The van der Waals surface area contributed by atoms with Gasteiger partial charge in [0.1, 0.15) is 5.15 Å². The molecule has 5 nitrogen and oxygen atoms in total. The maximum atomic E-state index is 5.97. The molecule has 104 valence electrons. The van der Waals surface area contributed by atoms with Crippen molar-refractivity contribution in [2.75, 3.05) is 36.0 Å². The van der Waals surface area contributed by atoms with Crippen LogP contribution in [0.5, 0.6) is 0 Å². The minimum absolute atomic E-state index is 0.574. The van der Waals surface area contributed by atoms with Crippen molar-refractivity contribution in [1.82, 2.24) is 15.0 Å². The molecule has 0 aliphatic carbocycles. The Morgan fingerprint density at radius 3 is 2.30 bits per heavy atom. The summed E-state index contributed by atoms with van der Waals surface area (Å²) in [5.41, 5.74) is 2.14. The predicted octanol–water partition coefficient (Wildman–Crippen LogP) is 2.16. The highest BCUT2D eigenvalue weighted by Crippen LogP contribution is 2.21. The molecule has 0 saturated carbocycles. The smallest absolute Gasteiger partial charge is 0.225 e. The fourth-order valence-corrected chi connectivity index (χ4v) is 2.44. The molecule has 1 aliphatic heterocycles. The minimum Gasteiger partial charge on any atom is -0.367 e. The summed E-state index contributed by atoms with van der Waals surface area (Å²) in [6.07, 6.45) is 5.40. The summed E-state index contributed by atoms with van der Waals surface area (Å²) in [6, 6.07) is 3.92. The monoisotopic (exact) mass is 289 g/mol. The molecule has 0 bridgehead atoms. The molecule has 0 N–H and O–H groups in total. The lowest BCUT2D eigenvalue weighted by atomic mass is 10.2. The normalized spacial score (nSPS) is 15.5. The van der Waals surface area contributed by atoms with E-state index in [-0.39, 0.29) is 0 Å². The zero-order chi connectivity index (χ0) is 13.9. The molecule has 6 heteroatoms. The SMILES string of the molecule is Cc1cc(N2CCN(c3ncccn3)CC2)cnc1Cl.